The van der Waals surface area contributed by atoms with Crippen molar-refractivity contribution in [1.82, 2.24) is 0 Å². The first kappa shape index (κ1) is 14.8. The first-order chi connectivity index (χ1) is 9.93. The molecule has 1 heteroatoms. The Hall–Kier alpha value is -2.56. The largest absolute Gasteiger partial charge is 0.0622 e. The summed E-state index contributed by atoms with van der Waals surface area (Å²) in [7, 11) is 0. The standard InChI is InChI=1S/C20H14.H4Si/c1-3-9-17(10-4-1)15-16-19-13-7-8-14-20(19)18-11-5-2-6-12-18;/h1-14H;1H4. The summed E-state index contributed by atoms with van der Waals surface area (Å²) in [6, 6.07) is 28.7. The SMILES string of the molecule is C(#Cc1ccccc1-c1ccccc1)c1ccccc1.[SiH4]. The first-order valence-corrected chi connectivity index (χ1v) is 6.65. The molecular formula is C20H18Si. The summed E-state index contributed by atoms with van der Waals surface area (Å²) in [6.07, 6.45) is 0. The average Bonchev–Trinajstić information content (AvgIpc) is 2.55. The van der Waals surface area contributed by atoms with E-state index < -0.39 is 0 Å². The van der Waals surface area contributed by atoms with E-state index in [2.05, 4.69) is 54.3 Å². The van der Waals surface area contributed by atoms with E-state index in [1.165, 1.54) is 11.1 Å². The molecule has 0 radical (unpaired) electrons. The minimum atomic E-state index is 0. The minimum absolute atomic E-state index is 0. The lowest BCUT2D eigenvalue weighted by atomic mass is 10.00. The van der Waals surface area contributed by atoms with Crippen LogP contribution in [-0.4, -0.2) is 11.0 Å². The van der Waals surface area contributed by atoms with Crippen LogP contribution in [0.3, 0.4) is 0 Å². The lowest BCUT2D eigenvalue weighted by Crippen LogP contribution is -1.83. The molecule has 0 bridgehead atoms. The van der Waals surface area contributed by atoms with Crippen molar-refractivity contribution in [2.45, 2.75) is 0 Å². The van der Waals surface area contributed by atoms with Gasteiger partial charge in [0, 0.05) is 11.1 Å². The summed E-state index contributed by atoms with van der Waals surface area (Å²) >= 11 is 0. The normalized spacial score (nSPS) is 9.14. The number of benzene rings is 3. The summed E-state index contributed by atoms with van der Waals surface area (Å²) in [6.45, 7) is 0. The molecule has 3 aromatic rings. The Morgan fingerprint density at radius 2 is 1.10 bits per heavy atom. The van der Waals surface area contributed by atoms with Gasteiger partial charge in [-0.1, -0.05) is 78.6 Å². The lowest BCUT2D eigenvalue weighted by Gasteiger charge is -2.04. The van der Waals surface area contributed by atoms with Crippen molar-refractivity contribution in [3.63, 3.8) is 0 Å². The van der Waals surface area contributed by atoms with Crippen molar-refractivity contribution in [2.75, 3.05) is 0 Å². The van der Waals surface area contributed by atoms with Gasteiger partial charge in [-0.25, -0.2) is 0 Å². The van der Waals surface area contributed by atoms with Gasteiger partial charge in [0.1, 0.15) is 0 Å². The van der Waals surface area contributed by atoms with E-state index in [1.807, 2.05) is 42.5 Å². The van der Waals surface area contributed by atoms with E-state index in [-0.39, 0.29) is 11.0 Å². The van der Waals surface area contributed by atoms with Crippen molar-refractivity contribution in [3.8, 4) is 23.0 Å². The van der Waals surface area contributed by atoms with E-state index in [0.717, 1.165) is 11.1 Å². The second kappa shape index (κ2) is 7.28. The Morgan fingerprint density at radius 3 is 1.81 bits per heavy atom. The molecule has 0 aliphatic heterocycles. The Bertz CT molecular complexity index is 750. The summed E-state index contributed by atoms with van der Waals surface area (Å²) in [4.78, 5) is 0. The zero-order valence-corrected chi connectivity index (χ0v) is 11.1. The van der Waals surface area contributed by atoms with E-state index in [1.54, 1.807) is 0 Å². The van der Waals surface area contributed by atoms with Crippen LogP contribution in [0.25, 0.3) is 11.1 Å². The van der Waals surface area contributed by atoms with E-state index in [9.17, 15) is 0 Å². The molecule has 0 aliphatic carbocycles. The van der Waals surface area contributed by atoms with Gasteiger partial charge in [0.05, 0.1) is 0 Å². The quantitative estimate of drug-likeness (QED) is 0.475. The lowest BCUT2D eigenvalue weighted by molar-refractivity contribution is 1.58. The summed E-state index contributed by atoms with van der Waals surface area (Å²) in [5, 5.41) is 0. The van der Waals surface area contributed by atoms with E-state index in [4.69, 9.17) is 0 Å². The highest BCUT2D eigenvalue weighted by Gasteiger charge is 2.00. The highest BCUT2D eigenvalue weighted by Crippen LogP contribution is 2.22. The van der Waals surface area contributed by atoms with Crippen molar-refractivity contribution >= 4 is 11.0 Å². The fraction of sp³-hybridized carbons (Fsp3) is 0. The third kappa shape index (κ3) is 3.72. The maximum atomic E-state index is 3.28. The van der Waals surface area contributed by atoms with Gasteiger partial charge in [0.25, 0.3) is 0 Å². The molecule has 0 saturated heterocycles. The molecular weight excluding hydrogens is 268 g/mol. The molecule has 0 nitrogen and oxygen atoms in total. The molecule has 3 aromatic carbocycles. The number of hydrogen-bond donors (Lipinski definition) is 0. The molecule has 0 aromatic heterocycles. The van der Waals surface area contributed by atoms with Crippen LogP contribution in [0.5, 0.6) is 0 Å². The monoisotopic (exact) mass is 286 g/mol. The van der Waals surface area contributed by atoms with Crippen molar-refractivity contribution < 1.29 is 0 Å². The van der Waals surface area contributed by atoms with Crippen molar-refractivity contribution in [1.29, 1.82) is 0 Å². The van der Waals surface area contributed by atoms with Crippen LogP contribution in [0.1, 0.15) is 11.1 Å². The molecule has 0 spiro atoms. The molecule has 0 atom stereocenters. The maximum absolute atomic E-state index is 3.28. The van der Waals surface area contributed by atoms with Gasteiger partial charge in [-0.15, -0.1) is 0 Å². The number of hydrogen-bond acceptors (Lipinski definition) is 0. The zero-order chi connectivity index (χ0) is 13.6. The fourth-order valence-electron chi connectivity index (χ4n) is 2.12. The van der Waals surface area contributed by atoms with Gasteiger partial charge >= 0.3 is 0 Å². The molecule has 0 heterocycles. The van der Waals surface area contributed by atoms with Gasteiger partial charge in [0.15, 0.2) is 0 Å². The van der Waals surface area contributed by atoms with E-state index >= 15 is 0 Å². The Balaban J connectivity index is 0.00000161. The molecule has 0 unspecified atom stereocenters. The molecule has 0 fully saturated rings. The third-order valence-corrected chi connectivity index (χ3v) is 3.13. The first-order valence-electron chi connectivity index (χ1n) is 6.65. The van der Waals surface area contributed by atoms with Crippen molar-refractivity contribution in [2.24, 2.45) is 0 Å². The van der Waals surface area contributed by atoms with E-state index in [0.29, 0.717) is 0 Å². The highest BCUT2D eigenvalue weighted by atomic mass is 28.1. The highest BCUT2D eigenvalue weighted by molar-refractivity contribution is 5.75. The molecule has 0 N–H and O–H groups in total. The van der Waals surface area contributed by atoms with Crippen LogP contribution in [0.2, 0.25) is 0 Å². The third-order valence-electron chi connectivity index (χ3n) is 3.13. The van der Waals surface area contributed by atoms with Crippen LogP contribution >= 0.6 is 0 Å². The van der Waals surface area contributed by atoms with Gasteiger partial charge in [-0.05, 0) is 40.3 Å². The maximum Gasteiger partial charge on any atom is 0.0327 e. The molecule has 3 rings (SSSR count). The smallest absolute Gasteiger partial charge is 0.0327 e. The van der Waals surface area contributed by atoms with Gasteiger partial charge in [0.2, 0.25) is 0 Å². The summed E-state index contributed by atoms with van der Waals surface area (Å²) in [5.74, 6) is 6.50. The molecule has 0 aliphatic rings. The van der Waals surface area contributed by atoms with Gasteiger partial charge in [-0.3, -0.25) is 0 Å². The van der Waals surface area contributed by atoms with Crippen LogP contribution in [0.4, 0.5) is 0 Å². The second-order valence-corrected chi connectivity index (χ2v) is 4.53. The number of rotatable bonds is 1. The average molecular weight is 286 g/mol. The Morgan fingerprint density at radius 1 is 0.524 bits per heavy atom. The van der Waals surface area contributed by atoms with Gasteiger partial charge in [-0.2, -0.15) is 0 Å². The Kier molecular flexibility index (Phi) is 5.14. The molecule has 102 valence electrons. The van der Waals surface area contributed by atoms with Crippen LogP contribution in [0, 0.1) is 11.8 Å². The predicted molar refractivity (Wildman–Crippen MR) is 95.6 cm³/mol. The van der Waals surface area contributed by atoms with Crippen molar-refractivity contribution in [3.05, 3.63) is 96.1 Å². The van der Waals surface area contributed by atoms with Crippen LogP contribution < -0.4 is 0 Å². The predicted octanol–water partition coefficient (Wildman–Crippen LogP) is 3.30. The summed E-state index contributed by atoms with van der Waals surface area (Å²) < 4.78 is 0. The fourth-order valence-corrected chi connectivity index (χ4v) is 2.12. The molecule has 0 saturated carbocycles. The second-order valence-electron chi connectivity index (χ2n) is 4.53. The minimum Gasteiger partial charge on any atom is -0.0622 e. The molecule has 0 amide bonds. The Labute approximate surface area is 130 Å². The van der Waals surface area contributed by atoms with Gasteiger partial charge < -0.3 is 0 Å². The van der Waals surface area contributed by atoms with Crippen LogP contribution in [-0.2, 0) is 0 Å². The van der Waals surface area contributed by atoms with Crippen LogP contribution in [0.15, 0.2) is 84.9 Å². The topological polar surface area (TPSA) is 0 Å². The summed E-state index contributed by atoms with van der Waals surface area (Å²) in [5.41, 5.74) is 4.47. The zero-order valence-electron chi connectivity index (χ0n) is 11.1. The molecule has 21 heavy (non-hydrogen) atoms.